The molecule has 0 aromatic heterocycles. The lowest BCUT2D eigenvalue weighted by atomic mass is 9.85. The van der Waals surface area contributed by atoms with E-state index in [1.165, 1.54) is 17.7 Å². The molecule has 1 aromatic rings. The summed E-state index contributed by atoms with van der Waals surface area (Å²) < 4.78 is 0.933. The molecule has 5 rings (SSSR count). The van der Waals surface area contributed by atoms with Crippen LogP contribution in [0.25, 0.3) is 0 Å². The van der Waals surface area contributed by atoms with E-state index in [2.05, 4.69) is 28.1 Å². The molecule has 4 aliphatic rings. The van der Waals surface area contributed by atoms with E-state index in [1.807, 2.05) is 25.1 Å². The van der Waals surface area contributed by atoms with Gasteiger partial charge in [0.15, 0.2) is 0 Å². The van der Waals surface area contributed by atoms with Crippen molar-refractivity contribution in [3.63, 3.8) is 0 Å². The van der Waals surface area contributed by atoms with Crippen molar-refractivity contribution >= 4 is 33.4 Å². The summed E-state index contributed by atoms with van der Waals surface area (Å²) >= 11 is 3.50. The Morgan fingerprint density at radius 2 is 1.68 bits per heavy atom. The zero-order chi connectivity index (χ0) is 15.2. The zero-order valence-corrected chi connectivity index (χ0v) is 13.8. The highest BCUT2D eigenvalue weighted by atomic mass is 79.9. The van der Waals surface area contributed by atoms with Crippen molar-refractivity contribution < 1.29 is 9.59 Å². The predicted molar refractivity (Wildman–Crippen MR) is 86.1 cm³/mol. The van der Waals surface area contributed by atoms with Gasteiger partial charge in [0.25, 0.3) is 0 Å². The van der Waals surface area contributed by atoms with Crippen LogP contribution >= 0.6 is 15.9 Å². The summed E-state index contributed by atoms with van der Waals surface area (Å²) in [5.41, 5.74) is 2.06. The number of rotatable bonds is 1. The molecule has 2 bridgehead atoms. The average molecular weight is 358 g/mol. The summed E-state index contributed by atoms with van der Waals surface area (Å²) in [7, 11) is 0. The van der Waals surface area contributed by atoms with Crippen LogP contribution in [0.2, 0.25) is 0 Å². The number of nitrogens with zero attached hydrogens (tertiary/aromatic N) is 1. The lowest BCUT2D eigenvalue weighted by molar-refractivity contribution is -0.123. The Kier molecular flexibility index (Phi) is 2.32. The summed E-state index contributed by atoms with van der Waals surface area (Å²) in [6.07, 6.45) is 6.77. The number of hydrogen-bond acceptors (Lipinski definition) is 2. The van der Waals surface area contributed by atoms with Gasteiger partial charge in [-0.3, -0.25) is 9.59 Å². The summed E-state index contributed by atoms with van der Waals surface area (Å²) in [5.74, 6) is 0.355. The average Bonchev–Trinajstić information content (AvgIpc) is 3.08. The van der Waals surface area contributed by atoms with E-state index in [-0.39, 0.29) is 40.9 Å². The number of amides is 2. The number of aryl methyl sites for hydroxylation is 1. The quantitative estimate of drug-likeness (QED) is 0.570. The number of imide groups is 1. The molecule has 2 amide bonds. The van der Waals surface area contributed by atoms with Gasteiger partial charge in [0.2, 0.25) is 11.8 Å². The second-order valence-electron chi connectivity index (χ2n) is 7.17. The number of carbonyl (C=O) groups excluding carboxylic acids is 2. The fraction of sp³-hybridized carbons (Fsp3) is 0.444. The molecule has 3 aliphatic carbocycles. The van der Waals surface area contributed by atoms with E-state index in [0.717, 1.165) is 10.0 Å². The lowest BCUT2D eigenvalue weighted by Crippen LogP contribution is -2.34. The Balaban J connectivity index is 1.57. The van der Waals surface area contributed by atoms with Crippen molar-refractivity contribution in [3.05, 3.63) is 40.4 Å². The maximum absolute atomic E-state index is 13.0. The van der Waals surface area contributed by atoms with Crippen molar-refractivity contribution in [3.8, 4) is 0 Å². The van der Waals surface area contributed by atoms with Crippen molar-refractivity contribution in [1.82, 2.24) is 0 Å². The minimum atomic E-state index is -0.120. The van der Waals surface area contributed by atoms with Crippen LogP contribution < -0.4 is 4.90 Å². The lowest BCUT2D eigenvalue weighted by Gasteiger charge is -2.22. The topological polar surface area (TPSA) is 37.4 Å². The molecule has 3 fully saturated rings. The Hall–Kier alpha value is -1.42. The van der Waals surface area contributed by atoms with Crippen LogP contribution in [0.5, 0.6) is 0 Å². The Morgan fingerprint density at radius 3 is 2.18 bits per heavy atom. The van der Waals surface area contributed by atoms with Crippen LogP contribution in [-0.2, 0) is 9.59 Å². The summed E-state index contributed by atoms with van der Waals surface area (Å²) in [4.78, 5) is 27.3. The van der Waals surface area contributed by atoms with Crippen LogP contribution in [0.4, 0.5) is 5.69 Å². The third kappa shape index (κ3) is 1.34. The fourth-order valence-electron chi connectivity index (χ4n) is 5.05. The van der Waals surface area contributed by atoms with Gasteiger partial charge >= 0.3 is 0 Å². The monoisotopic (exact) mass is 357 g/mol. The number of hydrogen-bond donors (Lipinski definition) is 0. The first-order chi connectivity index (χ1) is 10.5. The van der Waals surface area contributed by atoms with Crippen molar-refractivity contribution in [2.24, 2.45) is 29.1 Å². The van der Waals surface area contributed by atoms with Crippen LogP contribution in [0.3, 0.4) is 0 Å². The van der Waals surface area contributed by atoms with Gasteiger partial charge in [0, 0.05) is 4.47 Å². The third-order valence-electron chi connectivity index (χ3n) is 6.27. The van der Waals surface area contributed by atoms with Gasteiger partial charge in [-0.25, -0.2) is 4.90 Å². The Morgan fingerprint density at radius 1 is 1.09 bits per heavy atom. The van der Waals surface area contributed by atoms with Crippen molar-refractivity contribution in [2.45, 2.75) is 19.8 Å². The van der Waals surface area contributed by atoms with Gasteiger partial charge < -0.3 is 0 Å². The van der Waals surface area contributed by atoms with E-state index in [0.29, 0.717) is 5.69 Å². The van der Waals surface area contributed by atoms with Gasteiger partial charge in [-0.2, -0.15) is 0 Å². The maximum atomic E-state index is 13.0. The first-order valence-corrected chi connectivity index (χ1v) is 8.66. The molecule has 0 N–H and O–H groups in total. The van der Waals surface area contributed by atoms with Gasteiger partial charge in [-0.05, 0) is 54.7 Å². The van der Waals surface area contributed by atoms with Crippen molar-refractivity contribution in [2.75, 3.05) is 4.90 Å². The highest BCUT2D eigenvalue weighted by Gasteiger charge is 2.73. The van der Waals surface area contributed by atoms with E-state index in [1.54, 1.807) is 0 Å². The van der Waals surface area contributed by atoms with E-state index in [9.17, 15) is 9.59 Å². The predicted octanol–water partition coefficient (Wildman–Crippen LogP) is 3.46. The Labute approximate surface area is 137 Å². The van der Waals surface area contributed by atoms with E-state index in [4.69, 9.17) is 0 Å². The highest BCUT2D eigenvalue weighted by Crippen LogP contribution is 2.73. The van der Waals surface area contributed by atoms with Gasteiger partial charge in [0.1, 0.15) is 0 Å². The third-order valence-corrected chi connectivity index (χ3v) is 7.12. The molecule has 1 aromatic carbocycles. The minimum Gasteiger partial charge on any atom is -0.274 e. The van der Waals surface area contributed by atoms with Gasteiger partial charge in [0.05, 0.1) is 17.5 Å². The standard InChI is InChI=1S/C18H16BrNO2/c1-9-2-3-10(8-13(9)19)20-16(21)14-11-4-5-12(15(14)17(20)22)18(11)6-7-18/h2-5,8,11-12,14-15H,6-7H2,1H3/t11-,12-,14-,15-/m1/s1. The molecule has 1 aliphatic heterocycles. The summed E-state index contributed by atoms with van der Waals surface area (Å²) in [5, 5.41) is 0. The molecule has 4 atom stereocenters. The first kappa shape index (κ1) is 13.1. The smallest absolute Gasteiger partial charge is 0.238 e. The second-order valence-corrected chi connectivity index (χ2v) is 8.02. The van der Waals surface area contributed by atoms with Gasteiger partial charge in [-0.1, -0.05) is 34.1 Å². The summed E-state index contributed by atoms with van der Waals surface area (Å²) in [6, 6.07) is 5.71. The molecule has 1 spiro atoms. The first-order valence-electron chi connectivity index (χ1n) is 7.87. The SMILES string of the molecule is Cc1ccc(N2C(=O)[C@H]3[C@H](C2=O)[C@H]2C=C[C@H]3C23CC3)cc1Br. The van der Waals surface area contributed by atoms with Gasteiger partial charge in [-0.15, -0.1) is 0 Å². The second kappa shape index (κ2) is 3.91. The molecular weight excluding hydrogens is 342 g/mol. The molecule has 0 unspecified atom stereocenters. The van der Waals surface area contributed by atoms with E-state index < -0.39 is 0 Å². The Bertz CT molecular complexity index is 730. The molecule has 112 valence electrons. The largest absolute Gasteiger partial charge is 0.274 e. The number of halogens is 1. The molecule has 0 radical (unpaired) electrons. The zero-order valence-electron chi connectivity index (χ0n) is 12.3. The normalized spacial score (nSPS) is 36.5. The fourth-order valence-corrected chi connectivity index (χ4v) is 5.42. The van der Waals surface area contributed by atoms with Crippen LogP contribution in [0.1, 0.15) is 18.4 Å². The number of allylic oxidation sites excluding steroid dienone is 2. The molecule has 3 nitrogen and oxygen atoms in total. The highest BCUT2D eigenvalue weighted by molar-refractivity contribution is 9.10. The van der Waals surface area contributed by atoms with Crippen molar-refractivity contribution in [1.29, 1.82) is 0 Å². The maximum Gasteiger partial charge on any atom is 0.238 e. The molecule has 22 heavy (non-hydrogen) atoms. The van der Waals surface area contributed by atoms with Crippen LogP contribution in [-0.4, -0.2) is 11.8 Å². The molecule has 1 heterocycles. The molecular formula is C18H16BrNO2. The van der Waals surface area contributed by atoms with Crippen LogP contribution in [0.15, 0.2) is 34.8 Å². The van der Waals surface area contributed by atoms with Crippen LogP contribution in [0, 0.1) is 36.0 Å². The van der Waals surface area contributed by atoms with E-state index >= 15 is 0 Å². The number of anilines is 1. The molecule has 4 heteroatoms. The number of benzene rings is 1. The number of carbonyl (C=O) groups is 2. The number of fused-ring (bicyclic) bond motifs is 3. The molecule has 1 saturated heterocycles. The minimum absolute atomic E-state index is 0.00822. The molecule has 2 saturated carbocycles. The summed E-state index contributed by atoms with van der Waals surface area (Å²) in [6.45, 7) is 2.00.